The average Bonchev–Trinajstić information content (AvgIpc) is 2.73. The van der Waals surface area contributed by atoms with Gasteiger partial charge in [0.25, 0.3) is 11.8 Å². The van der Waals surface area contributed by atoms with Crippen molar-refractivity contribution < 1.29 is 23.9 Å². The number of ether oxygens (including phenoxy) is 2. The molecule has 2 aromatic carbocycles. The van der Waals surface area contributed by atoms with E-state index in [4.69, 9.17) is 32.7 Å². The lowest BCUT2D eigenvalue weighted by Gasteiger charge is -2.21. The number of rotatable bonds is 9. The van der Waals surface area contributed by atoms with E-state index in [2.05, 4.69) is 10.6 Å². The van der Waals surface area contributed by atoms with Crippen molar-refractivity contribution in [2.24, 2.45) is 5.92 Å². The first-order valence-corrected chi connectivity index (χ1v) is 10.4. The van der Waals surface area contributed by atoms with Crippen LogP contribution < -0.4 is 15.4 Å². The Kier molecular flexibility index (Phi) is 9.15. The highest BCUT2D eigenvalue weighted by molar-refractivity contribution is 6.39. The topological polar surface area (TPSA) is 93.7 Å². The van der Waals surface area contributed by atoms with Gasteiger partial charge in [0, 0.05) is 5.56 Å². The molecule has 9 heteroatoms. The minimum absolute atomic E-state index is 0.232. The molecule has 2 rings (SSSR count). The summed E-state index contributed by atoms with van der Waals surface area (Å²) in [6.45, 7) is 5.34. The van der Waals surface area contributed by atoms with Crippen molar-refractivity contribution in [3.05, 3.63) is 58.1 Å². The molecule has 0 heterocycles. The summed E-state index contributed by atoms with van der Waals surface area (Å²) in [5.74, 6) is -1.40. The van der Waals surface area contributed by atoms with E-state index in [1.165, 1.54) is 0 Å². The van der Waals surface area contributed by atoms with E-state index >= 15 is 0 Å². The van der Waals surface area contributed by atoms with Gasteiger partial charge in [-0.3, -0.25) is 9.59 Å². The second-order valence-corrected chi connectivity index (χ2v) is 7.72. The van der Waals surface area contributed by atoms with Gasteiger partial charge in [0.05, 0.1) is 22.3 Å². The highest BCUT2D eigenvalue weighted by atomic mass is 35.5. The summed E-state index contributed by atoms with van der Waals surface area (Å²) in [7, 11) is 0. The van der Waals surface area contributed by atoms with Crippen molar-refractivity contribution >= 4 is 46.7 Å². The number of esters is 1. The van der Waals surface area contributed by atoms with Crippen LogP contribution in [0.1, 0.15) is 31.1 Å². The molecular weight excluding hydrogens is 443 g/mol. The molecule has 0 saturated heterocycles. The van der Waals surface area contributed by atoms with E-state index < -0.39 is 30.4 Å². The SMILES string of the molecule is CCOc1ccc(C(=O)NC(C(=O)OCC(=O)Nc2c(Cl)cccc2Cl)C(C)C)cc1. The summed E-state index contributed by atoms with van der Waals surface area (Å²) in [5.41, 5.74) is 0.601. The summed E-state index contributed by atoms with van der Waals surface area (Å²) in [6, 6.07) is 10.4. The Morgan fingerprint density at radius 1 is 1.00 bits per heavy atom. The molecule has 0 aliphatic rings. The molecule has 2 N–H and O–H groups in total. The third kappa shape index (κ3) is 7.15. The van der Waals surface area contributed by atoms with Crippen molar-refractivity contribution in [3.8, 4) is 5.75 Å². The summed E-state index contributed by atoms with van der Waals surface area (Å²) < 4.78 is 10.4. The van der Waals surface area contributed by atoms with Crippen LogP contribution in [-0.4, -0.2) is 37.0 Å². The molecule has 2 amide bonds. The summed E-state index contributed by atoms with van der Waals surface area (Å²) >= 11 is 12.0. The average molecular weight is 467 g/mol. The quantitative estimate of drug-likeness (QED) is 0.536. The summed E-state index contributed by atoms with van der Waals surface area (Å²) in [6.07, 6.45) is 0. The van der Waals surface area contributed by atoms with Crippen molar-refractivity contribution in [1.29, 1.82) is 0 Å². The fourth-order valence-corrected chi connectivity index (χ4v) is 3.10. The number of nitrogens with one attached hydrogen (secondary N) is 2. The maximum atomic E-state index is 12.5. The number of anilines is 1. The van der Waals surface area contributed by atoms with E-state index in [1.807, 2.05) is 6.92 Å². The first-order valence-electron chi connectivity index (χ1n) is 9.67. The molecule has 1 atom stereocenters. The van der Waals surface area contributed by atoms with E-state index in [9.17, 15) is 14.4 Å². The number of carbonyl (C=O) groups is 3. The number of amides is 2. The normalized spacial score (nSPS) is 11.5. The van der Waals surface area contributed by atoms with Gasteiger partial charge in [-0.2, -0.15) is 0 Å². The fraction of sp³-hybridized carbons (Fsp3) is 0.318. The lowest BCUT2D eigenvalue weighted by atomic mass is 10.0. The van der Waals surface area contributed by atoms with Gasteiger partial charge in [0.2, 0.25) is 0 Å². The van der Waals surface area contributed by atoms with Gasteiger partial charge in [0.15, 0.2) is 6.61 Å². The highest BCUT2D eigenvalue weighted by Crippen LogP contribution is 2.29. The maximum Gasteiger partial charge on any atom is 0.329 e. The van der Waals surface area contributed by atoms with Crippen LogP contribution in [0.3, 0.4) is 0 Å². The minimum Gasteiger partial charge on any atom is -0.494 e. The van der Waals surface area contributed by atoms with Crippen LogP contribution in [0, 0.1) is 5.92 Å². The number of hydrogen-bond acceptors (Lipinski definition) is 5. The molecule has 0 aliphatic carbocycles. The summed E-state index contributed by atoms with van der Waals surface area (Å²) in [4.78, 5) is 37.1. The Morgan fingerprint density at radius 3 is 2.16 bits per heavy atom. The van der Waals surface area contributed by atoms with Crippen molar-refractivity contribution in [3.63, 3.8) is 0 Å². The number of hydrogen-bond donors (Lipinski definition) is 2. The van der Waals surface area contributed by atoms with Gasteiger partial charge < -0.3 is 20.1 Å². The Hall–Kier alpha value is -2.77. The van der Waals surface area contributed by atoms with Gasteiger partial charge in [-0.15, -0.1) is 0 Å². The Labute approximate surface area is 191 Å². The van der Waals surface area contributed by atoms with Crippen LogP contribution in [0.4, 0.5) is 5.69 Å². The number of halogens is 2. The Balaban J connectivity index is 1.95. The first kappa shape index (κ1) is 24.5. The van der Waals surface area contributed by atoms with Gasteiger partial charge in [-0.25, -0.2) is 4.79 Å². The van der Waals surface area contributed by atoms with Gasteiger partial charge in [-0.05, 0) is 49.2 Å². The second kappa shape index (κ2) is 11.6. The van der Waals surface area contributed by atoms with Gasteiger partial charge in [0.1, 0.15) is 11.8 Å². The van der Waals surface area contributed by atoms with Gasteiger partial charge >= 0.3 is 5.97 Å². The predicted molar refractivity (Wildman–Crippen MR) is 120 cm³/mol. The molecule has 0 bridgehead atoms. The van der Waals surface area contributed by atoms with E-state index in [0.717, 1.165) is 0 Å². The zero-order valence-electron chi connectivity index (χ0n) is 17.4. The molecule has 0 saturated carbocycles. The van der Waals surface area contributed by atoms with Crippen LogP contribution in [0.25, 0.3) is 0 Å². The van der Waals surface area contributed by atoms with E-state index in [0.29, 0.717) is 17.9 Å². The first-order chi connectivity index (χ1) is 14.7. The van der Waals surface area contributed by atoms with Gasteiger partial charge in [-0.1, -0.05) is 43.1 Å². The van der Waals surface area contributed by atoms with Crippen LogP contribution in [-0.2, 0) is 14.3 Å². The molecule has 0 aromatic heterocycles. The molecule has 166 valence electrons. The zero-order chi connectivity index (χ0) is 23.0. The van der Waals surface area contributed by atoms with Crippen LogP contribution in [0.15, 0.2) is 42.5 Å². The van der Waals surface area contributed by atoms with Crippen LogP contribution >= 0.6 is 23.2 Å². The molecular formula is C22H24Cl2N2O5. The molecule has 7 nitrogen and oxygen atoms in total. The molecule has 0 radical (unpaired) electrons. The Morgan fingerprint density at radius 2 is 1.61 bits per heavy atom. The number of carbonyl (C=O) groups excluding carboxylic acids is 3. The van der Waals surface area contributed by atoms with E-state index in [1.54, 1.807) is 56.3 Å². The smallest absolute Gasteiger partial charge is 0.329 e. The third-order valence-electron chi connectivity index (χ3n) is 4.21. The highest BCUT2D eigenvalue weighted by Gasteiger charge is 2.27. The number of para-hydroxylation sites is 1. The Bertz CT molecular complexity index is 912. The zero-order valence-corrected chi connectivity index (χ0v) is 18.9. The molecule has 0 aliphatic heterocycles. The molecule has 0 spiro atoms. The minimum atomic E-state index is -0.934. The number of benzene rings is 2. The molecule has 1 unspecified atom stereocenters. The van der Waals surface area contributed by atoms with Crippen molar-refractivity contribution in [2.45, 2.75) is 26.8 Å². The largest absolute Gasteiger partial charge is 0.494 e. The summed E-state index contributed by atoms with van der Waals surface area (Å²) in [5, 5.41) is 5.67. The monoisotopic (exact) mass is 466 g/mol. The van der Waals surface area contributed by atoms with E-state index in [-0.39, 0.29) is 21.7 Å². The van der Waals surface area contributed by atoms with Crippen LogP contribution in [0.5, 0.6) is 5.75 Å². The maximum absolute atomic E-state index is 12.5. The predicted octanol–water partition coefficient (Wildman–Crippen LogP) is 4.33. The lowest BCUT2D eigenvalue weighted by molar-refractivity contribution is -0.150. The van der Waals surface area contributed by atoms with Crippen LogP contribution in [0.2, 0.25) is 10.0 Å². The fourth-order valence-electron chi connectivity index (χ4n) is 2.61. The molecule has 2 aromatic rings. The van der Waals surface area contributed by atoms with Crippen molar-refractivity contribution in [2.75, 3.05) is 18.5 Å². The molecule has 0 fully saturated rings. The molecule has 31 heavy (non-hydrogen) atoms. The standard InChI is InChI=1S/C22H24Cl2N2O5/c1-4-30-15-10-8-14(9-11-15)21(28)26-19(13(2)3)22(29)31-12-18(27)25-20-16(23)6-5-7-17(20)24/h5-11,13,19H,4,12H2,1-3H3,(H,25,27)(H,26,28). The second-order valence-electron chi connectivity index (χ2n) is 6.91. The van der Waals surface area contributed by atoms with Crippen molar-refractivity contribution in [1.82, 2.24) is 5.32 Å². The third-order valence-corrected chi connectivity index (χ3v) is 4.84. The lowest BCUT2D eigenvalue weighted by Crippen LogP contribution is -2.45.